The average molecular weight is 391 g/mol. The number of amides is 1. The molecule has 1 aromatic heterocycles. The van der Waals surface area contributed by atoms with Gasteiger partial charge in [-0.2, -0.15) is 0 Å². The lowest BCUT2D eigenvalue weighted by molar-refractivity contribution is -0.117. The van der Waals surface area contributed by atoms with E-state index in [1.807, 2.05) is 47.0 Å². The molecule has 6 heteroatoms. The molecule has 0 unspecified atom stereocenters. The van der Waals surface area contributed by atoms with E-state index in [1.54, 1.807) is 6.20 Å². The lowest BCUT2D eigenvalue weighted by Gasteiger charge is -2.26. The summed E-state index contributed by atoms with van der Waals surface area (Å²) in [7, 11) is 0. The molecule has 2 heterocycles. The van der Waals surface area contributed by atoms with Gasteiger partial charge in [0.05, 0.1) is 18.8 Å². The number of para-hydroxylation sites is 1. The standard InChI is InChI=1S/C23H25N3O3/c27-22(23(28)24-10-11-25-12-14-29-15-13-25)20-17-26(16-18-6-2-1-3-7-18)21-9-5-4-8-19(20)21/h1-9,17H,10-16H2,(H,24,28). The number of nitrogens with zero attached hydrogens (tertiary/aromatic N) is 2. The van der Waals surface area contributed by atoms with E-state index in [2.05, 4.69) is 22.3 Å². The molecule has 0 aliphatic carbocycles. The Morgan fingerprint density at radius 1 is 0.966 bits per heavy atom. The van der Waals surface area contributed by atoms with Crippen molar-refractivity contribution < 1.29 is 14.3 Å². The van der Waals surface area contributed by atoms with Gasteiger partial charge in [0.15, 0.2) is 0 Å². The number of aromatic nitrogens is 1. The minimum atomic E-state index is -0.555. The van der Waals surface area contributed by atoms with Crippen LogP contribution in [0.25, 0.3) is 10.9 Å². The molecule has 4 rings (SSSR count). The summed E-state index contributed by atoms with van der Waals surface area (Å²) in [6.45, 7) is 4.97. The molecule has 1 amide bonds. The van der Waals surface area contributed by atoms with Crippen molar-refractivity contribution in [3.63, 3.8) is 0 Å². The monoisotopic (exact) mass is 391 g/mol. The van der Waals surface area contributed by atoms with Gasteiger partial charge < -0.3 is 14.6 Å². The van der Waals surface area contributed by atoms with Gasteiger partial charge in [0.1, 0.15) is 0 Å². The first kappa shape index (κ1) is 19.4. The summed E-state index contributed by atoms with van der Waals surface area (Å²) < 4.78 is 7.35. The Labute approximate surface area is 170 Å². The van der Waals surface area contributed by atoms with E-state index in [1.165, 1.54) is 0 Å². The zero-order valence-corrected chi connectivity index (χ0v) is 16.3. The highest BCUT2D eigenvalue weighted by molar-refractivity contribution is 6.45. The fraction of sp³-hybridized carbons (Fsp3) is 0.304. The van der Waals surface area contributed by atoms with E-state index < -0.39 is 11.7 Å². The minimum Gasteiger partial charge on any atom is -0.379 e. The predicted molar refractivity (Wildman–Crippen MR) is 112 cm³/mol. The van der Waals surface area contributed by atoms with Gasteiger partial charge in [-0.1, -0.05) is 48.5 Å². The molecule has 0 saturated carbocycles. The first-order valence-corrected chi connectivity index (χ1v) is 9.97. The molecule has 1 N–H and O–H groups in total. The molecule has 1 aliphatic rings. The molecule has 3 aromatic rings. The number of benzene rings is 2. The normalized spacial score (nSPS) is 14.8. The number of hydrogen-bond acceptors (Lipinski definition) is 4. The molecule has 1 saturated heterocycles. The van der Waals surface area contributed by atoms with Crippen molar-refractivity contribution in [2.75, 3.05) is 39.4 Å². The fourth-order valence-corrected chi connectivity index (χ4v) is 3.69. The first-order chi connectivity index (χ1) is 14.2. The van der Waals surface area contributed by atoms with E-state index in [0.29, 0.717) is 31.9 Å². The summed E-state index contributed by atoms with van der Waals surface area (Å²) in [6.07, 6.45) is 1.79. The second-order valence-electron chi connectivity index (χ2n) is 7.21. The van der Waals surface area contributed by atoms with Gasteiger partial charge in [-0.15, -0.1) is 0 Å². The Morgan fingerprint density at radius 3 is 2.48 bits per heavy atom. The molecule has 1 fully saturated rings. The summed E-state index contributed by atoms with van der Waals surface area (Å²) >= 11 is 0. The summed E-state index contributed by atoms with van der Waals surface area (Å²) in [6, 6.07) is 17.8. The minimum absolute atomic E-state index is 0.445. The Balaban J connectivity index is 1.47. The van der Waals surface area contributed by atoms with E-state index >= 15 is 0 Å². The first-order valence-electron chi connectivity index (χ1n) is 9.97. The van der Waals surface area contributed by atoms with Crippen LogP contribution in [0.2, 0.25) is 0 Å². The van der Waals surface area contributed by atoms with Crippen LogP contribution in [0, 0.1) is 0 Å². The van der Waals surface area contributed by atoms with Crippen LogP contribution in [0.3, 0.4) is 0 Å². The quantitative estimate of drug-likeness (QED) is 0.496. The van der Waals surface area contributed by atoms with Gasteiger partial charge >= 0.3 is 0 Å². The number of rotatable bonds is 7. The maximum absolute atomic E-state index is 12.8. The van der Waals surface area contributed by atoms with Gasteiger partial charge in [-0.05, 0) is 11.6 Å². The number of ether oxygens (including phenoxy) is 1. The van der Waals surface area contributed by atoms with Crippen LogP contribution in [0.5, 0.6) is 0 Å². The third-order valence-corrected chi connectivity index (χ3v) is 5.25. The van der Waals surface area contributed by atoms with Crippen LogP contribution in [0.1, 0.15) is 15.9 Å². The molecule has 2 aromatic carbocycles. The molecule has 0 radical (unpaired) electrons. The second-order valence-corrected chi connectivity index (χ2v) is 7.21. The number of nitrogens with one attached hydrogen (secondary N) is 1. The van der Waals surface area contributed by atoms with Crippen LogP contribution < -0.4 is 5.32 Å². The summed E-state index contributed by atoms with van der Waals surface area (Å²) in [5.41, 5.74) is 2.53. The molecule has 1 aliphatic heterocycles. The number of Topliss-reactive ketones (excluding diaryl/α,β-unsaturated/α-hetero) is 1. The molecular weight excluding hydrogens is 366 g/mol. The fourth-order valence-electron chi connectivity index (χ4n) is 3.69. The number of fused-ring (bicyclic) bond motifs is 1. The topological polar surface area (TPSA) is 63.6 Å². The van der Waals surface area contributed by atoms with Crippen molar-refractivity contribution in [1.82, 2.24) is 14.8 Å². The Morgan fingerprint density at radius 2 is 1.69 bits per heavy atom. The number of carbonyl (C=O) groups is 2. The number of hydrogen-bond donors (Lipinski definition) is 1. The second kappa shape index (κ2) is 9.03. The third-order valence-electron chi connectivity index (χ3n) is 5.25. The highest BCUT2D eigenvalue weighted by Gasteiger charge is 2.21. The SMILES string of the molecule is O=C(NCCN1CCOCC1)C(=O)c1cn(Cc2ccccc2)c2ccccc12. The zero-order chi connectivity index (χ0) is 20.1. The van der Waals surface area contributed by atoms with Crippen molar-refractivity contribution in [2.24, 2.45) is 0 Å². The molecule has 0 bridgehead atoms. The van der Waals surface area contributed by atoms with Crippen LogP contribution in [-0.2, 0) is 16.1 Å². The summed E-state index contributed by atoms with van der Waals surface area (Å²) in [5, 5.41) is 3.57. The van der Waals surface area contributed by atoms with E-state index in [-0.39, 0.29) is 0 Å². The molecule has 0 atom stereocenters. The molecule has 0 spiro atoms. The maximum Gasteiger partial charge on any atom is 0.292 e. The Bertz CT molecular complexity index is 991. The predicted octanol–water partition coefficient (Wildman–Crippen LogP) is 2.32. The third kappa shape index (κ3) is 4.55. The van der Waals surface area contributed by atoms with E-state index in [9.17, 15) is 9.59 Å². The van der Waals surface area contributed by atoms with Crippen molar-refractivity contribution >= 4 is 22.6 Å². The van der Waals surface area contributed by atoms with Gasteiger partial charge in [0, 0.05) is 49.8 Å². The van der Waals surface area contributed by atoms with Crippen molar-refractivity contribution in [3.8, 4) is 0 Å². The number of ketones is 1. The lowest BCUT2D eigenvalue weighted by Crippen LogP contribution is -2.42. The van der Waals surface area contributed by atoms with Crippen LogP contribution >= 0.6 is 0 Å². The van der Waals surface area contributed by atoms with Crippen LogP contribution in [0.15, 0.2) is 60.8 Å². The van der Waals surface area contributed by atoms with E-state index in [4.69, 9.17) is 4.74 Å². The number of carbonyl (C=O) groups excluding carboxylic acids is 2. The Hall–Kier alpha value is -2.96. The summed E-state index contributed by atoms with van der Waals surface area (Å²) in [5.74, 6) is -1.05. The largest absolute Gasteiger partial charge is 0.379 e. The molecule has 150 valence electrons. The van der Waals surface area contributed by atoms with Crippen molar-refractivity contribution in [1.29, 1.82) is 0 Å². The molecule has 6 nitrogen and oxygen atoms in total. The van der Waals surface area contributed by atoms with Crippen LogP contribution in [-0.4, -0.2) is 60.6 Å². The zero-order valence-electron chi connectivity index (χ0n) is 16.3. The lowest BCUT2D eigenvalue weighted by atomic mass is 10.1. The average Bonchev–Trinajstić information content (AvgIpc) is 3.13. The van der Waals surface area contributed by atoms with Gasteiger partial charge in [-0.25, -0.2) is 0 Å². The van der Waals surface area contributed by atoms with Crippen molar-refractivity contribution in [2.45, 2.75) is 6.54 Å². The van der Waals surface area contributed by atoms with Gasteiger partial charge in [0.2, 0.25) is 0 Å². The van der Waals surface area contributed by atoms with Crippen LogP contribution in [0.4, 0.5) is 0 Å². The smallest absolute Gasteiger partial charge is 0.292 e. The maximum atomic E-state index is 12.8. The molecular formula is C23H25N3O3. The Kier molecular flexibility index (Phi) is 6.03. The van der Waals surface area contributed by atoms with Gasteiger partial charge in [0.25, 0.3) is 11.7 Å². The number of morpholine rings is 1. The summed E-state index contributed by atoms with van der Waals surface area (Å²) in [4.78, 5) is 27.6. The highest BCUT2D eigenvalue weighted by atomic mass is 16.5. The van der Waals surface area contributed by atoms with Gasteiger partial charge in [-0.3, -0.25) is 14.5 Å². The molecule has 29 heavy (non-hydrogen) atoms. The highest BCUT2D eigenvalue weighted by Crippen LogP contribution is 2.23. The van der Waals surface area contributed by atoms with E-state index in [0.717, 1.165) is 36.1 Å². The van der Waals surface area contributed by atoms with Crippen molar-refractivity contribution in [3.05, 3.63) is 71.9 Å².